The molecule has 0 radical (unpaired) electrons. The summed E-state index contributed by atoms with van der Waals surface area (Å²) in [6.45, 7) is 3.90. The van der Waals surface area contributed by atoms with Gasteiger partial charge in [0.25, 0.3) is 5.91 Å². The van der Waals surface area contributed by atoms with E-state index in [9.17, 15) is 4.79 Å². The number of carbonyl (C=O) groups excluding carboxylic acids is 1. The summed E-state index contributed by atoms with van der Waals surface area (Å²) in [5.41, 5.74) is 5.61. The summed E-state index contributed by atoms with van der Waals surface area (Å²) in [4.78, 5) is 12.2. The van der Waals surface area contributed by atoms with Gasteiger partial charge >= 0.3 is 0 Å². The average molecular weight is 381 g/mol. The zero-order valence-corrected chi connectivity index (χ0v) is 16.5. The molecule has 0 aliphatic heterocycles. The lowest BCUT2D eigenvalue weighted by molar-refractivity contribution is 0.0943. The van der Waals surface area contributed by atoms with Crippen molar-refractivity contribution in [3.8, 4) is 28.2 Å². The second-order valence-corrected chi connectivity index (χ2v) is 7.23. The van der Waals surface area contributed by atoms with E-state index >= 15 is 0 Å². The fourth-order valence-electron chi connectivity index (χ4n) is 3.24. The van der Waals surface area contributed by atoms with E-state index in [2.05, 4.69) is 35.6 Å². The molecule has 4 rings (SSSR count). The van der Waals surface area contributed by atoms with Crippen molar-refractivity contribution in [3.63, 3.8) is 0 Å². The Balaban J connectivity index is 1.76. The van der Waals surface area contributed by atoms with Gasteiger partial charge in [0.05, 0.1) is 17.1 Å². The van der Waals surface area contributed by atoms with E-state index in [1.54, 1.807) is 0 Å². The van der Waals surface area contributed by atoms with Crippen molar-refractivity contribution in [3.05, 3.63) is 96.6 Å². The number of amides is 1. The molecular weight excluding hydrogens is 358 g/mol. The Bertz CT molecular complexity index is 1100. The lowest BCUT2D eigenvalue weighted by atomic mass is 10.1. The van der Waals surface area contributed by atoms with Crippen LogP contribution in [0, 0.1) is 0 Å². The molecule has 0 bridgehead atoms. The van der Waals surface area contributed by atoms with E-state index < -0.39 is 0 Å². The molecule has 0 spiro atoms. The van der Waals surface area contributed by atoms with Gasteiger partial charge in [-0.15, -0.1) is 0 Å². The van der Waals surface area contributed by atoms with Crippen LogP contribution in [0.4, 0.5) is 0 Å². The Morgan fingerprint density at radius 1 is 0.828 bits per heavy atom. The van der Waals surface area contributed by atoms with Gasteiger partial charge in [0.15, 0.2) is 0 Å². The predicted octanol–water partition coefficient (Wildman–Crippen LogP) is 5.34. The highest BCUT2D eigenvalue weighted by Gasteiger charge is 2.14. The molecule has 4 heteroatoms. The van der Waals surface area contributed by atoms with Crippen molar-refractivity contribution in [2.24, 2.45) is 0 Å². The Morgan fingerprint density at radius 3 is 2.00 bits per heavy atom. The van der Waals surface area contributed by atoms with E-state index in [1.807, 2.05) is 79.2 Å². The Morgan fingerprint density at radius 2 is 1.41 bits per heavy atom. The lowest BCUT2D eigenvalue weighted by Crippen LogP contribution is -2.29. The van der Waals surface area contributed by atoms with Crippen molar-refractivity contribution in [2.45, 2.75) is 19.9 Å². The maximum atomic E-state index is 12.2. The van der Waals surface area contributed by atoms with Crippen molar-refractivity contribution in [1.82, 2.24) is 15.1 Å². The molecule has 4 aromatic rings. The SMILES string of the molecule is CC(C)NC(=O)c1ccc(-n2nc(-c3ccccc3)cc2-c2ccccc2)cc1. The highest BCUT2D eigenvalue weighted by atomic mass is 16.1. The number of hydrogen-bond acceptors (Lipinski definition) is 2. The highest BCUT2D eigenvalue weighted by molar-refractivity contribution is 5.94. The minimum absolute atomic E-state index is 0.0692. The summed E-state index contributed by atoms with van der Waals surface area (Å²) >= 11 is 0. The molecule has 0 aliphatic rings. The summed E-state index contributed by atoms with van der Waals surface area (Å²) in [6, 6.07) is 30.1. The summed E-state index contributed by atoms with van der Waals surface area (Å²) in [5.74, 6) is -0.0692. The van der Waals surface area contributed by atoms with Gasteiger partial charge in [-0.3, -0.25) is 4.79 Å². The normalized spacial score (nSPS) is 10.9. The van der Waals surface area contributed by atoms with Crippen LogP contribution < -0.4 is 5.32 Å². The van der Waals surface area contributed by atoms with E-state index in [0.717, 1.165) is 28.2 Å². The quantitative estimate of drug-likeness (QED) is 0.507. The second-order valence-electron chi connectivity index (χ2n) is 7.23. The van der Waals surface area contributed by atoms with Crippen molar-refractivity contribution >= 4 is 5.91 Å². The van der Waals surface area contributed by atoms with Crippen LogP contribution >= 0.6 is 0 Å². The fourth-order valence-corrected chi connectivity index (χ4v) is 3.24. The van der Waals surface area contributed by atoms with E-state index in [4.69, 9.17) is 5.10 Å². The zero-order valence-electron chi connectivity index (χ0n) is 16.5. The maximum Gasteiger partial charge on any atom is 0.251 e. The largest absolute Gasteiger partial charge is 0.350 e. The molecule has 0 fully saturated rings. The van der Waals surface area contributed by atoms with Gasteiger partial charge in [-0.05, 0) is 44.2 Å². The molecule has 0 saturated carbocycles. The molecule has 3 aromatic carbocycles. The topological polar surface area (TPSA) is 46.9 Å². The van der Waals surface area contributed by atoms with Crippen molar-refractivity contribution in [2.75, 3.05) is 0 Å². The van der Waals surface area contributed by atoms with E-state index in [0.29, 0.717) is 5.56 Å². The number of nitrogens with one attached hydrogen (secondary N) is 1. The van der Waals surface area contributed by atoms with Gasteiger partial charge in [-0.1, -0.05) is 60.7 Å². The smallest absolute Gasteiger partial charge is 0.251 e. The molecule has 0 unspecified atom stereocenters. The number of benzene rings is 3. The Labute approximate surface area is 170 Å². The van der Waals surface area contributed by atoms with Crippen molar-refractivity contribution in [1.29, 1.82) is 0 Å². The van der Waals surface area contributed by atoms with Gasteiger partial charge in [0.2, 0.25) is 0 Å². The highest BCUT2D eigenvalue weighted by Crippen LogP contribution is 2.28. The number of hydrogen-bond donors (Lipinski definition) is 1. The van der Waals surface area contributed by atoms with Gasteiger partial charge in [-0.2, -0.15) is 5.10 Å². The first-order valence-electron chi connectivity index (χ1n) is 9.74. The third kappa shape index (κ3) is 4.11. The molecule has 0 aliphatic carbocycles. The van der Waals surface area contributed by atoms with E-state index in [1.165, 1.54) is 0 Å². The van der Waals surface area contributed by atoms with Gasteiger partial charge in [0.1, 0.15) is 0 Å². The van der Waals surface area contributed by atoms with Crippen LogP contribution in [0.25, 0.3) is 28.2 Å². The monoisotopic (exact) mass is 381 g/mol. The lowest BCUT2D eigenvalue weighted by Gasteiger charge is -2.10. The summed E-state index contributed by atoms with van der Waals surface area (Å²) < 4.78 is 1.93. The third-order valence-corrected chi connectivity index (χ3v) is 4.64. The third-order valence-electron chi connectivity index (χ3n) is 4.64. The fraction of sp³-hybridized carbons (Fsp3) is 0.120. The van der Waals surface area contributed by atoms with Crippen LogP contribution in [0.3, 0.4) is 0 Å². The summed E-state index contributed by atoms with van der Waals surface area (Å²) in [7, 11) is 0. The second kappa shape index (κ2) is 8.15. The number of aromatic nitrogens is 2. The minimum atomic E-state index is -0.0692. The first-order valence-corrected chi connectivity index (χ1v) is 9.74. The standard InChI is InChI=1S/C25H23N3O/c1-18(2)26-25(29)21-13-15-22(16-14-21)28-24(20-11-7-4-8-12-20)17-23(27-28)19-9-5-3-6-10-19/h3-18H,1-2H3,(H,26,29). The van der Waals surface area contributed by atoms with Crippen LogP contribution in [0.15, 0.2) is 91.0 Å². The van der Waals surface area contributed by atoms with Crippen LogP contribution in [-0.2, 0) is 0 Å². The first kappa shape index (κ1) is 18.7. The number of nitrogens with zero attached hydrogens (tertiary/aromatic N) is 2. The summed E-state index contributed by atoms with van der Waals surface area (Å²) in [5, 5.41) is 7.79. The van der Waals surface area contributed by atoms with Crippen LogP contribution in [0.2, 0.25) is 0 Å². The summed E-state index contributed by atoms with van der Waals surface area (Å²) in [6.07, 6.45) is 0. The van der Waals surface area contributed by atoms with Gasteiger partial charge < -0.3 is 5.32 Å². The molecule has 144 valence electrons. The van der Waals surface area contributed by atoms with Crippen molar-refractivity contribution < 1.29 is 4.79 Å². The number of carbonyl (C=O) groups is 1. The maximum absolute atomic E-state index is 12.2. The average Bonchev–Trinajstić information content (AvgIpc) is 3.20. The Kier molecular flexibility index (Phi) is 5.25. The molecule has 1 amide bonds. The molecule has 1 N–H and O–H groups in total. The Hall–Kier alpha value is -3.66. The van der Waals surface area contributed by atoms with Gasteiger partial charge in [0, 0.05) is 22.7 Å². The molecule has 0 atom stereocenters. The van der Waals surface area contributed by atoms with Crippen LogP contribution in [-0.4, -0.2) is 21.7 Å². The molecule has 1 aromatic heterocycles. The molecular formula is C25H23N3O. The predicted molar refractivity (Wildman–Crippen MR) is 117 cm³/mol. The molecule has 1 heterocycles. The zero-order chi connectivity index (χ0) is 20.2. The molecule has 0 saturated heterocycles. The van der Waals surface area contributed by atoms with Crippen LogP contribution in [0.1, 0.15) is 24.2 Å². The van der Waals surface area contributed by atoms with Crippen LogP contribution in [0.5, 0.6) is 0 Å². The molecule has 4 nitrogen and oxygen atoms in total. The molecule has 29 heavy (non-hydrogen) atoms. The number of rotatable bonds is 5. The van der Waals surface area contributed by atoms with E-state index in [-0.39, 0.29) is 11.9 Å². The minimum Gasteiger partial charge on any atom is -0.350 e. The first-order chi connectivity index (χ1) is 14.1. The van der Waals surface area contributed by atoms with Gasteiger partial charge in [-0.25, -0.2) is 4.68 Å².